The molecule has 1 saturated carbocycles. The van der Waals surface area contributed by atoms with Crippen molar-refractivity contribution in [2.24, 2.45) is 11.3 Å². The third kappa shape index (κ3) is 1.44. The van der Waals surface area contributed by atoms with E-state index in [1.807, 2.05) is 31.2 Å². The van der Waals surface area contributed by atoms with Crippen LogP contribution in [0.25, 0.3) is 0 Å². The maximum Gasteiger partial charge on any atom is 0.147 e. The maximum atomic E-state index is 11.9. The summed E-state index contributed by atoms with van der Waals surface area (Å²) in [5.74, 6) is 1.46. The van der Waals surface area contributed by atoms with E-state index in [9.17, 15) is 4.79 Å². The first-order valence-electron chi connectivity index (χ1n) is 5.27. The van der Waals surface area contributed by atoms with Crippen molar-refractivity contribution < 1.29 is 9.53 Å². The van der Waals surface area contributed by atoms with Gasteiger partial charge in [-0.2, -0.15) is 0 Å². The van der Waals surface area contributed by atoms with Crippen molar-refractivity contribution in [3.8, 4) is 0 Å². The number of hydrogen-bond acceptors (Lipinski definition) is 2. The first-order valence-corrected chi connectivity index (χ1v) is 5.27. The minimum Gasteiger partial charge on any atom is -0.497 e. The van der Waals surface area contributed by atoms with Gasteiger partial charge in [0.05, 0.1) is 12.5 Å². The number of ether oxygens (including phenoxy) is 1. The van der Waals surface area contributed by atoms with Crippen LogP contribution >= 0.6 is 0 Å². The van der Waals surface area contributed by atoms with Crippen molar-refractivity contribution in [3.05, 3.63) is 35.6 Å². The van der Waals surface area contributed by atoms with Crippen LogP contribution in [0.2, 0.25) is 0 Å². The molecular weight excluding hydrogens is 188 g/mol. The predicted octanol–water partition coefficient (Wildman–Crippen LogP) is 2.63. The van der Waals surface area contributed by atoms with E-state index in [1.165, 1.54) is 5.57 Å². The van der Waals surface area contributed by atoms with Crippen molar-refractivity contribution in [2.75, 3.05) is 7.11 Å². The number of fused-ring (bicyclic) bond motifs is 1. The molecular formula is C13H16O2. The molecule has 2 aliphatic carbocycles. The lowest BCUT2D eigenvalue weighted by molar-refractivity contribution is -0.122. The Hall–Kier alpha value is -1.31. The number of ketones is 1. The van der Waals surface area contributed by atoms with E-state index >= 15 is 0 Å². The molecule has 0 aromatic carbocycles. The molecule has 0 N–H and O–H groups in total. The monoisotopic (exact) mass is 204 g/mol. The molecule has 0 radical (unpaired) electrons. The molecule has 80 valence electrons. The molecule has 1 fully saturated rings. The quantitative estimate of drug-likeness (QED) is 0.656. The molecule has 0 aromatic heterocycles. The first kappa shape index (κ1) is 10.2. The van der Waals surface area contributed by atoms with Gasteiger partial charge in [-0.1, -0.05) is 19.1 Å². The summed E-state index contributed by atoms with van der Waals surface area (Å²) in [6, 6.07) is 0. The summed E-state index contributed by atoms with van der Waals surface area (Å²) >= 11 is 0. The van der Waals surface area contributed by atoms with Gasteiger partial charge in [0, 0.05) is 6.42 Å². The number of Topliss-reactive ketones (excluding diaryl/α,β-unsaturated/α-hetero) is 1. The fraction of sp³-hybridized carbons (Fsp3) is 0.462. The second-order valence-corrected chi connectivity index (χ2v) is 4.46. The predicted molar refractivity (Wildman–Crippen MR) is 59.2 cm³/mol. The molecule has 0 heterocycles. The Bertz CT molecular complexity index is 387. The lowest BCUT2D eigenvalue weighted by Gasteiger charge is -2.20. The van der Waals surface area contributed by atoms with Gasteiger partial charge < -0.3 is 4.74 Å². The van der Waals surface area contributed by atoms with E-state index in [-0.39, 0.29) is 0 Å². The van der Waals surface area contributed by atoms with Crippen LogP contribution < -0.4 is 0 Å². The van der Waals surface area contributed by atoms with Crippen LogP contribution in [-0.4, -0.2) is 12.9 Å². The minimum absolute atomic E-state index is 0.309. The summed E-state index contributed by atoms with van der Waals surface area (Å²) in [7, 11) is 1.64. The average molecular weight is 204 g/mol. The molecule has 0 unspecified atom stereocenters. The van der Waals surface area contributed by atoms with Gasteiger partial charge in [-0.05, 0) is 30.6 Å². The van der Waals surface area contributed by atoms with Crippen LogP contribution in [0.5, 0.6) is 0 Å². The molecule has 2 rings (SSSR count). The molecule has 0 amide bonds. The third-order valence-electron chi connectivity index (χ3n) is 3.45. The molecule has 2 aliphatic rings. The zero-order valence-electron chi connectivity index (χ0n) is 9.41. The van der Waals surface area contributed by atoms with Gasteiger partial charge in [0.1, 0.15) is 11.5 Å². The highest BCUT2D eigenvalue weighted by atomic mass is 16.5. The van der Waals surface area contributed by atoms with Gasteiger partial charge in [0.2, 0.25) is 0 Å². The van der Waals surface area contributed by atoms with Crippen molar-refractivity contribution in [2.45, 2.75) is 20.3 Å². The summed E-state index contributed by atoms with van der Waals surface area (Å²) in [4.78, 5) is 11.9. The second-order valence-electron chi connectivity index (χ2n) is 4.46. The molecule has 2 atom stereocenters. The Morgan fingerprint density at radius 2 is 2.20 bits per heavy atom. The van der Waals surface area contributed by atoms with Crippen LogP contribution in [-0.2, 0) is 9.53 Å². The number of hydrogen-bond donors (Lipinski definition) is 0. The molecule has 2 nitrogen and oxygen atoms in total. The third-order valence-corrected chi connectivity index (χ3v) is 3.45. The molecule has 0 aliphatic heterocycles. The first-order chi connectivity index (χ1) is 7.08. The maximum absolute atomic E-state index is 11.9. The Labute approximate surface area is 90.3 Å². The lowest BCUT2D eigenvalue weighted by Crippen LogP contribution is -2.20. The summed E-state index contributed by atoms with van der Waals surface area (Å²) in [5, 5.41) is 0. The van der Waals surface area contributed by atoms with Crippen LogP contribution in [0.1, 0.15) is 20.3 Å². The highest BCUT2D eigenvalue weighted by Crippen LogP contribution is 2.45. The Balaban J connectivity index is 2.48. The topological polar surface area (TPSA) is 26.3 Å². The smallest absolute Gasteiger partial charge is 0.147 e. The van der Waals surface area contributed by atoms with Gasteiger partial charge in [-0.15, -0.1) is 0 Å². The highest BCUT2D eigenvalue weighted by Gasteiger charge is 2.43. The summed E-state index contributed by atoms with van der Waals surface area (Å²) < 4.78 is 5.17. The molecule has 0 aromatic rings. The molecule has 0 bridgehead atoms. The van der Waals surface area contributed by atoms with Crippen LogP contribution in [0.15, 0.2) is 35.6 Å². The zero-order valence-corrected chi connectivity index (χ0v) is 9.41. The zero-order chi connectivity index (χ0) is 11.1. The molecule has 15 heavy (non-hydrogen) atoms. The van der Waals surface area contributed by atoms with E-state index in [0.29, 0.717) is 18.1 Å². The Morgan fingerprint density at radius 3 is 2.87 bits per heavy atom. The van der Waals surface area contributed by atoms with E-state index < -0.39 is 5.41 Å². The van der Waals surface area contributed by atoms with Gasteiger partial charge in [0.15, 0.2) is 0 Å². The largest absolute Gasteiger partial charge is 0.497 e. The van der Waals surface area contributed by atoms with Gasteiger partial charge in [-0.25, -0.2) is 0 Å². The summed E-state index contributed by atoms with van der Waals surface area (Å²) in [5.41, 5.74) is 0.798. The lowest BCUT2D eigenvalue weighted by atomic mass is 9.82. The average Bonchev–Trinajstić information content (AvgIpc) is 2.38. The minimum atomic E-state index is -0.407. The molecule has 0 spiro atoms. The Kier molecular flexibility index (Phi) is 2.29. The van der Waals surface area contributed by atoms with E-state index in [1.54, 1.807) is 7.11 Å². The number of carbonyl (C=O) groups excluding carboxylic acids is 1. The standard InChI is InChI=1S/C13H16O2/c1-9-8-12(14)13(2)7-6-10(15-3)4-5-11(9)13/h4-7,9H,8H2,1-3H3/t9-,13+/m1/s1. The molecule has 0 saturated heterocycles. The van der Waals surface area contributed by atoms with Gasteiger partial charge in [0.25, 0.3) is 0 Å². The van der Waals surface area contributed by atoms with Crippen LogP contribution in [0.4, 0.5) is 0 Å². The van der Waals surface area contributed by atoms with Crippen LogP contribution in [0.3, 0.4) is 0 Å². The fourth-order valence-electron chi connectivity index (χ4n) is 2.41. The van der Waals surface area contributed by atoms with Crippen molar-refractivity contribution >= 4 is 5.78 Å². The van der Waals surface area contributed by atoms with Crippen molar-refractivity contribution in [1.82, 2.24) is 0 Å². The second kappa shape index (κ2) is 3.37. The number of carbonyl (C=O) groups is 1. The van der Waals surface area contributed by atoms with Gasteiger partial charge in [-0.3, -0.25) is 4.79 Å². The number of allylic oxidation sites excluding steroid dienone is 5. The fourth-order valence-corrected chi connectivity index (χ4v) is 2.41. The van der Waals surface area contributed by atoms with E-state index in [4.69, 9.17) is 4.74 Å². The van der Waals surface area contributed by atoms with E-state index in [2.05, 4.69) is 6.92 Å². The molecule has 2 heteroatoms. The Morgan fingerprint density at radius 1 is 1.47 bits per heavy atom. The SMILES string of the molecule is COC1=CC=C2[C@H](C)CC(=O)[C@@]2(C)C=C1. The van der Waals surface area contributed by atoms with Crippen molar-refractivity contribution in [1.29, 1.82) is 0 Å². The number of methoxy groups -OCH3 is 1. The van der Waals surface area contributed by atoms with E-state index in [0.717, 1.165) is 5.76 Å². The number of rotatable bonds is 1. The van der Waals surface area contributed by atoms with Crippen LogP contribution in [0, 0.1) is 11.3 Å². The summed E-state index contributed by atoms with van der Waals surface area (Å²) in [6.45, 7) is 4.10. The highest BCUT2D eigenvalue weighted by molar-refractivity contribution is 5.93. The normalized spacial score (nSPS) is 34.3. The van der Waals surface area contributed by atoms with Gasteiger partial charge >= 0.3 is 0 Å². The van der Waals surface area contributed by atoms with Crippen molar-refractivity contribution in [3.63, 3.8) is 0 Å². The summed E-state index contributed by atoms with van der Waals surface area (Å²) in [6.07, 6.45) is 8.48.